The maximum atomic E-state index is 12.8. The Morgan fingerprint density at radius 1 is 1.25 bits per heavy atom. The summed E-state index contributed by atoms with van der Waals surface area (Å²) in [5.74, 6) is 1.99. The minimum absolute atomic E-state index is 0.0221. The number of ether oxygens (including phenoxy) is 2. The monoisotopic (exact) mass is 329 g/mol. The number of hydrogen-bond acceptors (Lipinski definition) is 4. The van der Waals surface area contributed by atoms with Gasteiger partial charge in [-0.3, -0.25) is 4.79 Å². The van der Waals surface area contributed by atoms with Crippen molar-refractivity contribution in [1.29, 1.82) is 0 Å². The van der Waals surface area contributed by atoms with Gasteiger partial charge in [-0.25, -0.2) is 0 Å². The molecule has 0 radical (unpaired) electrons. The fourth-order valence-corrected chi connectivity index (χ4v) is 3.47. The third-order valence-electron chi connectivity index (χ3n) is 4.55. The molecule has 5 heteroatoms. The molecule has 5 nitrogen and oxygen atoms in total. The highest BCUT2D eigenvalue weighted by Gasteiger charge is 2.35. The van der Waals surface area contributed by atoms with Gasteiger partial charge in [0.05, 0.1) is 26.5 Å². The maximum absolute atomic E-state index is 12.8. The second kappa shape index (κ2) is 6.59. The molecule has 2 heterocycles. The van der Waals surface area contributed by atoms with Gasteiger partial charge in [-0.1, -0.05) is 13.8 Å². The number of methoxy groups -OCH3 is 2. The van der Waals surface area contributed by atoms with Crippen LogP contribution in [0.5, 0.6) is 11.5 Å². The zero-order valence-electron chi connectivity index (χ0n) is 14.5. The molecule has 1 atom stereocenters. The highest BCUT2D eigenvalue weighted by molar-refractivity contribution is 5.92. The Morgan fingerprint density at radius 2 is 1.96 bits per heavy atom. The fraction of sp³-hybridized carbons (Fsp3) is 0.421. The van der Waals surface area contributed by atoms with E-state index in [2.05, 4.69) is 13.8 Å². The molecule has 1 aromatic carbocycles. The Bertz CT molecular complexity index is 721. The molecular weight excluding hydrogens is 306 g/mol. The predicted octanol–water partition coefficient (Wildman–Crippen LogP) is 3.69. The second-order valence-corrected chi connectivity index (χ2v) is 6.32. The van der Waals surface area contributed by atoms with Crippen molar-refractivity contribution in [3.63, 3.8) is 0 Å². The minimum atomic E-state index is -0.0702. The smallest absolute Gasteiger partial charge is 0.290 e. The van der Waals surface area contributed by atoms with E-state index in [0.29, 0.717) is 18.1 Å². The molecule has 1 amide bonds. The van der Waals surface area contributed by atoms with Crippen molar-refractivity contribution in [2.24, 2.45) is 5.92 Å². The zero-order chi connectivity index (χ0) is 17.3. The summed E-state index contributed by atoms with van der Waals surface area (Å²) in [5, 5.41) is 0. The van der Waals surface area contributed by atoms with E-state index in [1.54, 1.807) is 26.4 Å². The van der Waals surface area contributed by atoms with Crippen LogP contribution in [0.25, 0.3) is 0 Å². The zero-order valence-corrected chi connectivity index (χ0v) is 14.5. The van der Waals surface area contributed by atoms with Gasteiger partial charge >= 0.3 is 0 Å². The molecule has 1 unspecified atom stereocenters. The first-order valence-electron chi connectivity index (χ1n) is 8.16. The molecule has 3 rings (SSSR count). The molecule has 0 saturated heterocycles. The largest absolute Gasteiger partial charge is 0.493 e. The summed E-state index contributed by atoms with van der Waals surface area (Å²) >= 11 is 0. The van der Waals surface area contributed by atoms with Gasteiger partial charge in [0.1, 0.15) is 0 Å². The highest BCUT2D eigenvalue weighted by atomic mass is 16.5. The van der Waals surface area contributed by atoms with E-state index in [9.17, 15) is 4.79 Å². The molecule has 0 aliphatic carbocycles. The number of benzene rings is 1. The summed E-state index contributed by atoms with van der Waals surface area (Å²) in [7, 11) is 3.27. The van der Waals surface area contributed by atoms with E-state index in [1.807, 2.05) is 17.0 Å². The van der Waals surface area contributed by atoms with Crippen molar-refractivity contribution < 1.29 is 18.7 Å². The summed E-state index contributed by atoms with van der Waals surface area (Å²) in [6.07, 6.45) is 2.31. The Kier molecular flexibility index (Phi) is 4.51. The first-order chi connectivity index (χ1) is 11.6. The number of hydrogen-bond donors (Lipinski definition) is 0. The highest BCUT2D eigenvalue weighted by Crippen LogP contribution is 2.41. The van der Waals surface area contributed by atoms with Gasteiger partial charge in [-0.15, -0.1) is 0 Å². The summed E-state index contributed by atoms with van der Waals surface area (Å²) < 4.78 is 16.2. The van der Waals surface area contributed by atoms with Crippen LogP contribution in [0.3, 0.4) is 0 Å². The molecule has 0 bridgehead atoms. The van der Waals surface area contributed by atoms with Gasteiger partial charge in [0.15, 0.2) is 17.3 Å². The molecule has 1 aliphatic rings. The minimum Gasteiger partial charge on any atom is -0.493 e. The van der Waals surface area contributed by atoms with Crippen LogP contribution in [0.4, 0.5) is 0 Å². The second-order valence-electron chi connectivity index (χ2n) is 6.32. The van der Waals surface area contributed by atoms with Crippen LogP contribution in [0.15, 0.2) is 34.9 Å². The van der Waals surface area contributed by atoms with Crippen molar-refractivity contribution in [1.82, 2.24) is 4.90 Å². The lowest BCUT2D eigenvalue weighted by atomic mass is 9.85. The molecule has 0 saturated carbocycles. The topological polar surface area (TPSA) is 51.9 Å². The van der Waals surface area contributed by atoms with Crippen molar-refractivity contribution in [2.45, 2.75) is 26.3 Å². The molecule has 128 valence electrons. The first-order valence-corrected chi connectivity index (χ1v) is 8.16. The maximum Gasteiger partial charge on any atom is 0.290 e. The Balaban J connectivity index is 2.04. The van der Waals surface area contributed by atoms with Crippen LogP contribution in [-0.4, -0.2) is 31.6 Å². The van der Waals surface area contributed by atoms with Crippen molar-refractivity contribution in [2.75, 3.05) is 20.8 Å². The van der Waals surface area contributed by atoms with Gasteiger partial charge in [-0.05, 0) is 47.7 Å². The van der Waals surface area contributed by atoms with Crippen LogP contribution in [0.1, 0.15) is 41.6 Å². The Morgan fingerprint density at radius 3 is 2.54 bits per heavy atom. The standard InChI is InChI=1S/C19H23NO4/c1-12(2)18-14-11-17(23-4)16(22-3)10-13(14)7-8-20(18)19(21)15-6-5-9-24-15/h5-6,9-12,18H,7-8H2,1-4H3. The van der Waals surface area contributed by atoms with Crippen LogP contribution >= 0.6 is 0 Å². The Labute approximate surface area is 142 Å². The van der Waals surface area contributed by atoms with Crippen molar-refractivity contribution >= 4 is 5.91 Å². The first kappa shape index (κ1) is 16.4. The van der Waals surface area contributed by atoms with Crippen LogP contribution in [0, 0.1) is 5.92 Å². The third-order valence-corrected chi connectivity index (χ3v) is 4.55. The summed E-state index contributed by atoms with van der Waals surface area (Å²) in [6.45, 7) is 4.91. The van der Waals surface area contributed by atoms with Crippen LogP contribution in [-0.2, 0) is 6.42 Å². The number of rotatable bonds is 4. The third kappa shape index (κ3) is 2.75. The molecule has 2 aromatic rings. The molecule has 0 spiro atoms. The summed E-state index contributed by atoms with van der Waals surface area (Å²) in [5.41, 5.74) is 2.32. The summed E-state index contributed by atoms with van der Waals surface area (Å²) in [6, 6.07) is 7.46. The molecule has 1 aromatic heterocycles. The van der Waals surface area contributed by atoms with Gasteiger partial charge in [0.2, 0.25) is 0 Å². The molecular formula is C19H23NO4. The number of nitrogens with zero attached hydrogens (tertiary/aromatic N) is 1. The van der Waals surface area contributed by atoms with Gasteiger partial charge in [-0.2, -0.15) is 0 Å². The number of carbonyl (C=O) groups is 1. The average molecular weight is 329 g/mol. The lowest BCUT2D eigenvalue weighted by Crippen LogP contribution is -2.42. The average Bonchev–Trinajstić information content (AvgIpc) is 3.13. The van der Waals surface area contributed by atoms with Crippen LogP contribution < -0.4 is 9.47 Å². The van der Waals surface area contributed by atoms with Gasteiger partial charge < -0.3 is 18.8 Å². The van der Waals surface area contributed by atoms with Crippen molar-refractivity contribution in [3.05, 3.63) is 47.4 Å². The van der Waals surface area contributed by atoms with E-state index >= 15 is 0 Å². The Hall–Kier alpha value is -2.43. The van der Waals surface area contributed by atoms with Gasteiger partial charge in [0.25, 0.3) is 5.91 Å². The SMILES string of the molecule is COc1cc2c(cc1OC)C(C(C)C)N(C(=O)c1ccco1)CC2. The molecule has 0 fully saturated rings. The lowest BCUT2D eigenvalue weighted by Gasteiger charge is -2.39. The van der Waals surface area contributed by atoms with E-state index < -0.39 is 0 Å². The predicted molar refractivity (Wildman–Crippen MR) is 90.6 cm³/mol. The number of fused-ring (bicyclic) bond motifs is 1. The molecule has 0 N–H and O–H groups in total. The van der Waals surface area contributed by atoms with E-state index in [0.717, 1.165) is 17.7 Å². The summed E-state index contributed by atoms with van der Waals surface area (Å²) in [4.78, 5) is 14.7. The number of furan rings is 1. The normalized spacial score (nSPS) is 16.9. The molecule has 24 heavy (non-hydrogen) atoms. The fourth-order valence-electron chi connectivity index (χ4n) is 3.47. The lowest BCUT2D eigenvalue weighted by molar-refractivity contribution is 0.0570. The van der Waals surface area contributed by atoms with E-state index in [1.165, 1.54) is 11.8 Å². The van der Waals surface area contributed by atoms with Gasteiger partial charge in [0, 0.05) is 6.54 Å². The van der Waals surface area contributed by atoms with Crippen LogP contribution in [0.2, 0.25) is 0 Å². The van der Waals surface area contributed by atoms with Crippen molar-refractivity contribution in [3.8, 4) is 11.5 Å². The number of carbonyl (C=O) groups excluding carboxylic acids is 1. The molecule has 1 aliphatic heterocycles. The van der Waals surface area contributed by atoms with E-state index in [4.69, 9.17) is 13.9 Å². The van der Waals surface area contributed by atoms with E-state index in [-0.39, 0.29) is 17.9 Å². The number of amides is 1. The quantitative estimate of drug-likeness (QED) is 0.858.